The van der Waals surface area contributed by atoms with Gasteiger partial charge in [-0.15, -0.1) is 0 Å². The zero-order chi connectivity index (χ0) is 19.9. The number of amides is 2. The van der Waals surface area contributed by atoms with Crippen LogP contribution in [0.25, 0.3) is 5.57 Å². The fraction of sp³-hybridized carbons (Fsp3) is 0.545. The fourth-order valence-corrected chi connectivity index (χ4v) is 4.18. The molecule has 0 aliphatic carbocycles. The maximum Gasteiger partial charge on any atom is 0.320 e. The summed E-state index contributed by atoms with van der Waals surface area (Å²) in [5.41, 5.74) is 2.39. The second kappa shape index (κ2) is 9.70. The summed E-state index contributed by atoms with van der Waals surface area (Å²) in [6.07, 6.45) is 5.26. The quantitative estimate of drug-likeness (QED) is 0.802. The van der Waals surface area contributed by atoms with Gasteiger partial charge in [0.25, 0.3) is 0 Å². The molecule has 2 fully saturated rings. The largest absolute Gasteiger partial charge is 0.396 e. The second-order valence-corrected chi connectivity index (χ2v) is 7.66. The Kier molecular flexibility index (Phi) is 7.05. The van der Waals surface area contributed by atoms with Crippen LogP contribution in [0.3, 0.4) is 0 Å². The van der Waals surface area contributed by atoms with E-state index in [9.17, 15) is 14.4 Å². The van der Waals surface area contributed by atoms with Crippen LogP contribution in [0.4, 0.5) is 9.18 Å². The van der Waals surface area contributed by atoms with E-state index in [1.807, 2.05) is 9.80 Å². The van der Waals surface area contributed by atoms with E-state index in [0.29, 0.717) is 37.4 Å². The van der Waals surface area contributed by atoms with Crippen LogP contribution in [0.5, 0.6) is 0 Å². The molecule has 3 rings (SSSR count). The summed E-state index contributed by atoms with van der Waals surface area (Å²) in [5, 5.41) is 18.5. The fourth-order valence-electron chi connectivity index (χ4n) is 4.18. The molecule has 0 unspecified atom stereocenters. The first kappa shape index (κ1) is 20.3. The van der Waals surface area contributed by atoms with E-state index < -0.39 is 0 Å². The first-order chi connectivity index (χ1) is 13.6. The van der Waals surface area contributed by atoms with Gasteiger partial charge in [-0.25, -0.2) is 9.18 Å². The van der Waals surface area contributed by atoms with Gasteiger partial charge in [-0.3, -0.25) is 0 Å². The number of likely N-dealkylation sites (tertiary alicyclic amines) is 2. The molecule has 150 valence electrons. The lowest BCUT2D eigenvalue weighted by Gasteiger charge is -2.37. The van der Waals surface area contributed by atoms with E-state index in [-0.39, 0.29) is 18.5 Å². The van der Waals surface area contributed by atoms with Gasteiger partial charge in [0.1, 0.15) is 5.82 Å². The molecule has 1 N–H and O–H groups in total. The zero-order valence-electron chi connectivity index (χ0n) is 16.2. The minimum absolute atomic E-state index is 0.0972. The van der Waals surface area contributed by atoms with Crippen LogP contribution in [0.2, 0.25) is 0 Å². The van der Waals surface area contributed by atoms with Crippen molar-refractivity contribution in [1.29, 1.82) is 5.26 Å². The highest BCUT2D eigenvalue weighted by Crippen LogP contribution is 2.28. The molecule has 5 nitrogen and oxygen atoms in total. The number of benzene rings is 1. The summed E-state index contributed by atoms with van der Waals surface area (Å²) in [6, 6.07) is 8.38. The maximum absolute atomic E-state index is 13.1. The van der Waals surface area contributed by atoms with E-state index in [1.165, 1.54) is 12.1 Å². The Morgan fingerprint density at radius 3 is 2.29 bits per heavy atom. The van der Waals surface area contributed by atoms with Crippen LogP contribution in [0.15, 0.2) is 29.8 Å². The topological polar surface area (TPSA) is 67.6 Å². The summed E-state index contributed by atoms with van der Waals surface area (Å²) in [5.74, 6) is 0.299. The molecule has 1 aromatic carbocycles. The monoisotopic (exact) mass is 385 g/mol. The van der Waals surface area contributed by atoms with Crippen molar-refractivity contribution in [2.75, 3.05) is 32.8 Å². The molecule has 1 aromatic rings. The number of nitriles is 1. The van der Waals surface area contributed by atoms with Gasteiger partial charge in [0.15, 0.2) is 0 Å². The molecule has 0 radical (unpaired) electrons. The van der Waals surface area contributed by atoms with Gasteiger partial charge in [-0.1, -0.05) is 12.1 Å². The second-order valence-electron chi connectivity index (χ2n) is 7.66. The van der Waals surface area contributed by atoms with Gasteiger partial charge in [0, 0.05) is 32.8 Å². The zero-order valence-corrected chi connectivity index (χ0v) is 16.2. The van der Waals surface area contributed by atoms with Crippen molar-refractivity contribution >= 4 is 11.6 Å². The molecule has 0 aromatic heterocycles. The first-order valence-corrected chi connectivity index (χ1v) is 10.1. The van der Waals surface area contributed by atoms with Gasteiger partial charge >= 0.3 is 6.03 Å². The minimum Gasteiger partial charge on any atom is -0.396 e. The van der Waals surface area contributed by atoms with E-state index in [4.69, 9.17) is 5.11 Å². The van der Waals surface area contributed by atoms with E-state index in [1.54, 1.807) is 12.1 Å². The Labute approximate surface area is 166 Å². The molecule has 2 aliphatic heterocycles. The van der Waals surface area contributed by atoms with Crippen LogP contribution in [0.1, 0.15) is 44.1 Å². The lowest BCUT2D eigenvalue weighted by atomic mass is 9.92. The molecule has 0 bridgehead atoms. The molecule has 2 saturated heterocycles. The average Bonchev–Trinajstić information content (AvgIpc) is 2.74. The van der Waals surface area contributed by atoms with Gasteiger partial charge in [-0.05, 0) is 67.7 Å². The number of piperidine rings is 2. The number of aliphatic hydroxyl groups is 1. The highest BCUT2D eigenvalue weighted by molar-refractivity contribution is 5.80. The minimum atomic E-state index is -0.313. The van der Waals surface area contributed by atoms with Crippen molar-refractivity contribution in [3.05, 3.63) is 41.2 Å². The molecular formula is C22H28FN3O2. The van der Waals surface area contributed by atoms with E-state index in [2.05, 4.69) is 6.07 Å². The smallest absolute Gasteiger partial charge is 0.320 e. The number of aliphatic hydroxyl groups excluding tert-OH is 1. The third kappa shape index (κ3) is 4.90. The summed E-state index contributed by atoms with van der Waals surface area (Å²) in [7, 11) is 0. The maximum atomic E-state index is 13.1. The number of rotatable bonds is 4. The summed E-state index contributed by atoms with van der Waals surface area (Å²) < 4.78 is 13.1. The molecule has 6 heteroatoms. The number of nitrogens with zero attached hydrogens (tertiary/aromatic N) is 3. The average molecular weight is 385 g/mol. The third-order valence-electron chi connectivity index (χ3n) is 5.89. The van der Waals surface area contributed by atoms with Gasteiger partial charge in [-0.2, -0.15) is 5.26 Å². The Hall–Kier alpha value is -2.39. The summed E-state index contributed by atoms with van der Waals surface area (Å²) in [4.78, 5) is 16.6. The van der Waals surface area contributed by atoms with Crippen molar-refractivity contribution < 1.29 is 14.3 Å². The van der Waals surface area contributed by atoms with Crippen molar-refractivity contribution in [3.63, 3.8) is 0 Å². The predicted molar refractivity (Wildman–Crippen MR) is 106 cm³/mol. The van der Waals surface area contributed by atoms with Gasteiger partial charge in [0.05, 0.1) is 11.6 Å². The Morgan fingerprint density at radius 1 is 1.11 bits per heavy atom. The third-order valence-corrected chi connectivity index (χ3v) is 5.89. The Morgan fingerprint density at radius 2 is 1.71 bits per heavy atom. The number of halogens is 1. The van der Waals surface area contributed by atoms with Crippen LogP contribution in [0, 0.1) is 23.1 Å². The molecular weight excluding hydrogens is 357 g/mol. The molecule has 2 heterocycles. The molecule has 0 spiro atoms. The highest BCUT2D eigenvalue weighted by atomic mass is 19.1. The number of hydrogen-bond acceptors (Lipinski definition) is 3. The highest BCUT2D eigenvalue weighted by Gasteiger charge is 2.28. The normalized spacial score (nSPS) is 18.1. The first-order valence-electron chi connectivity index (χ1n) is 10.1. The standard InChI is InChI=1S/C22H28FN3O2/c23-20-5-3-18(4-6-20)21(16-24)19-9-13-26(14-10-19)22(28)25-11-7-17(8-12-25)2-1-15-27/h3-6,17,27H,1-2,7-15H2. The molecule has 28 heavy (non-hydrogen) atoms. The van der Waals surface area contributed by atoms with Crippen LogP contribution < -0.4 is 0 Å². The summed E-state index contributed by atoms with van der Waals surface area (Å²) >= 11 is 0. The van der Waals surface area contributed by atoms with Gasteiger partial charge in [0.2, 0.25) is 0 Å². The number of hydrogen-bond donors (Lipinski definition) is 1. The van der Waals surface area contributed by atoms with Crippen LogP contribution in [-0.2, 0) is 0 Å². The van der Waals surface area contributed by atoms with Crippen molar-refractivity contribution in [2.45, 2.75) is 38.5 Å². The Bertz CT molecular complexity index is 736. The van der Waals surface area contributed by atoms with E-state index >= 15 is 0 Å². The SMILES string of the molecule is N#CC(=C1CCN(C(=O)N2CCC(CCCO)CC2)CC1)c1ccc(F)cc1. The van der Waals surface area contributed by atoms with Crippen molar-refractivity contribution in [2.24, 2.45) is 5.92 Å². The molecule has 0 atom stereocenters. The lowest BCUT2D eigenvalue weighted by Crippen LogP contribution is -2.48. The van der Waals surface area contributed by atoms with Crippen LogP contribution in [-0.4, -0.2) is 53.7 Å². The molecule has 0 saturated carbocycles. The van der Waals surface area contributed by atoms with Crippen molar-refractivity contribution in [1.82, 2.24) is 9.80 Å². The predicted octanol–water partition coefficient (Wildman–Crippen LogP) is 3.80. The van der Waals surface area contributed by atoms with Crippen molar-refractivity contribution in [3.8, 4) is 6.07 Å². The molecule has 2 amide bonds. The number of urea groups is 1. The van der Waals surface area contributed by atoms with Gasteiger partial charge < -0.3 is 14.9 Å². The summed E-state index contributed by atoms with van der Waals surface area (Å²) in [6.45, 7) is 3.04. The lowest BCUT2D eigenvalue weighted by molar-refractivity contribution is 0.126. The molecule has 2 aliphatic rings. The van der Waals surface area contributed by atoms with E-state index in [0.717, 1.165) is 49.9 Å². The number of carbonyl (C=O) groups is 1. The Balaban J connectivity index is 1.55. The number of carbonyl (C=O) groups excluding carboxylic acids is 1. The van der Waals surface area contributed by atoms with Crippen LogP contribution >= 0.6 is 0 Å². The number of allylic oxidation sites excluding steroid dienone is 1.